The Morgan fingerprint density at radius 3 is 2.50 bits per heavy atom. The molecule has 2 rings (SSSR count). The van der Waals surface area contributed by atoms with Gasteiger partial charge in [0, 0.05) is 10.0 Å². The predicted octanol–water partition coefficient (Wildman–Crippen LogP) is 3.10. The number of nitrogens with two attached hydrogens (primary N) is 1. The van der Waals surface area contributed by atoms with Crippen molar-refractivity contribution in [1.82, 2.24) is 0 Å². The number of aromatic hydroxyl groups is 1. The van der Waals surface area contributed by atoms with Crippen molar-refractivity contribution in [2.75, 3.05) is 0 Å². The molecule has 4 N–H and O–H groups in total. The van der Waals surface area contributed by atoms with Gasteiger partial charge in [-0.1, -0.05) is 41.3 Å². The smallest absolute Gasteiger partial charge is 0.121 e. The number of rotatable bonds is 3. The molecule has 0 aromatic heterocycles. The molecular formula is C14H20BrNO2. The van der Waals surface area contributed by atoms with Gasteiger partial charge in [0.2, 0.25) is 0 Å². The van der Waals surface area contributed by atoms with E-state index in [4.69, 9.17) is 5.73 Å². The molecule has 0 aliphatic heterocycles. The van der Waals surface area contributed by atoms with E-state index in [2.05, 4.69) is 15.9 Å². The van der Waals surface area contributed by atoms with Crippen LogP contribution in [0.2, 0.25) is 0 Å². The minimum Gasteiger partial charge on any atom is -0.508 e. The first-order valence-corrected chi connectivity index (χ1v) is 7.31. The van der Waals surface area contributed by atoms with Gasteiger partial charge in [-0.15, -0.1) is 0 Å². The minimum atomic E-state index is -0.572. The van der Waals surface area contributed by atoms with E-state index in [0.717, 1.165) is 17.3 Å². The molecule has 1 aliphatic carbocycles. The van der Waals surface area contributed by atoms with Crippen molar-refractivity contribution >= 4 is 15.9 Å². The summed E-state index contributed by atoms with van der Waals surface area (Å²) >= 11 is 3.30. The number of phenolic OH excluding ortho intramolecular Hbond substituents is 1. The maximum absolute atomic E-state index is 10.3. The Labute approximate surface area is 116 Å². The number of phenols is 1. The van der Waals surface area contributed by atoms with Crippen molar-refractivity contribution in [2.24, 2.45) is 11.7 Å². The zero-order valence-corrected chi connectivity index (χ0v) is 11.9. The van der Waals surface area contributed by atoms with Gasteiger partial charge in [0.15, 0.2) is 0 Å². The van der Waals surface area contributed by atoms with Crippen LogP contribution < -0.4 is 5.73 Å². The van der Waals surface area contributed by atoms with Gasteiger partial charge in [-0.05, 0) is 30.9 Å². The average Bonchev–Trinajstić information content (AvgIpc) is 2.38. The Bertz CT molecular complexity index is 405. The van der Waals surface area contributed by atoms with Gasteiger partial charge < -0.3 is 15.9 Å². The molecule has 18 heavy (non-hydrogen) atoms. The molecule has 0 spiro atoms. The largest absolute Gasteiger partial charge is 0.508 e. The van der Waals surface area contributed by atoms with Crippen LogP contribution in [0, 0.1) is 5.92 Å². The summed E-state index contributed by atoms with van der Waals surface area (Å²) in [6.07, 6.45) is 5.08. The molecule has 1 aromatic carbocycles. The van der Waals surface area contributed by atoms with Crippen molar-refractivity contribution < 1.29 is 10.2 Å². The SMILES string of the molecule is N[C@H](c1ccc(Br)cc1O)[C@@H](O)C1CCCCC1. The molecule has 1 saturated carbocycles. The summed E-state index contributed by atoms with van der Waals surface area (Å²) in [5.74, 6) is 0.406. The van der Waals surface area contributed by atoms with E-state index in [0.29, 0.717) is 5.56 Å². The summed E-state index contributed by atoms with van der Waals surface area (Å²) < 4.78 is 0.808. The molecule has 0 heterocycles. The van der Waals surface area contributed by atoms with E-state index in [9.17, 15) is 10.2 Å². The van der Waals surface area contributed by atoms with Crippen LogP contribution >= 0.6 is 15.9 Å². The monoisotopic (exact) mass is 313 g/mol. The van der Waals surface area contributed by atoms with E-state index in [1.807, 2.05) is 6.07 Å². The van der Waals surface area contributed by atoms with Crippen molar-refractivity contribution in [1.29, 1.82) is 0 Å². The van der Waals surface area contributed by atoms with E-state index in [-0.39, 0.29) is 11.7 Å². The van der Waals surface area contributed by atoms with Crippen LogP contribution in [0.25, 0.3) is 0 Å². The van der Waals surface area contributed by atoms with Crippen LogP contribution in [0.5, 0.6) is 5.75 Å². The Morgan fingerprint density at radius 1 is 1.22 bits per heavy atom. The third kappa shape index (κ3) is 3.05. The summed E-state index contributed by atoms with van der Waals surface area (Å²) in [4.78, 5) is 0. The first-order chi connectivity index (χ1) is 8.59. The van der Waals surface area contributed by atoms with Crippen LogP contribution in [0.4, 0.5) is 0 Å². The molecule has 0 saturated heterocycles. The fourth-order valence-electron chi connectivity index (χ4n) is 2.75. The molecule has 3 nitrogen and oxygen atoms in total. The van der Waals surface area contributed by atoms with Crippen LogP contribution in [0.3, 0.4) is 0 Å². The Morgan fingerprint density at radius 2 is 1.89 bits per heavy atom. The zero-order chi connectivity index (χ0) is 13.1. The lowest BCUT2D eigenvalue weighted by molar-refractivity contribution is 0.0611. The summed E-state index contributed by atoms with van der Waals surface area (Å²) in [6.45, 7) is 0. The van der Waals surface area contributed by atoms with E-state index >= 15 is 0 Å². The highest BCUT2D eigenvalue weighted by Gasteiger charge is 2.28. The van der Waals surface area contributed by atoms with Gasteiger partial charge in [-0.2, -0.15) is 0 Å². The lowest BCUT2D eigenvalue weighted by Crippen LogP contribution is -2.34. The second-order valence-corrected chi connectivity index (χ2v) is 6.03. The molecule has 1 aromatic rings. The fraction of sp³-hybridized carbons (Fsp3) is 0.571. The highest BCUT2D eigenvalue weighted by Crippen LogP contribution is 2.34. The second kappa shape index (κ2) is 6.04. The molecule has 0 radical (unpaired) electrons. The molecular weight excluding hydrogens is 294 g/mol. The quantitative estimate of drug-likeness (QED) is 0.803. The summed E-state index contributed by atoms with van der Waals surface area (Å²) in [5.41, 5.74) is 6.72. The topological polar surface area (TPSA) is 66.5 Å². The van der Waals surface area contributed by atoms with Crippen LogP contribution in [-0.2, 0) is 0 Å². The average molecular weight is 314 g/mol. The van der Waals surface area contributed by atoms with Crippen molar-refractivity contribution in [3.8, 4) is 5.75 Å². The van der Waals surface area contributed by atoms with Gasteiger partial charge in [0.25, 0.3) is 0 Å². The first-order valence-electron chi connectivity index (χ1n) is 6.51. The molecule has 1 fully saturated rings. The van der Waals surface area contributed by atoms with Gasteiger partial charge in [0.1, 0.15) is 5.75 Å². The molecule has 100 valence electrons. The first kappa shape index (κ1) is 13.8. The van der Waals surface area contributed by atoms with Gasteiger partial charge in [0.05, 0.1) is 12.1 Å². The summed E-state index contributed by atoms with van der Waals surface area (Å²) in [5, 5.41) is 20.2. The Hall–Kier alpha value is -0.580. The van der Waals surface area contributed by atoms with Crippen LogP contribution in [0.1, 0.15) is 43.7 Å². The fourth-order valence-corrected chi connectivity index (χ4v) is 3.10. The maximum atomic E-state index is 10.3. The van der Waals surface area contributed by atoms with E-state index < -0.39 is 12.1 Å². The Kier molecular flexibility index (Phi) is 4.65. The standard InChI is InChI=1S/C14H20BrNO2/c15-10-6-7-11(12(17)8-10)13(16)14(18)9-4-2-1-3-5-9/h6-9,13-14,17-18H,1-5,16H2/t13-,14+/m1/s1. The second-order valence-electron chi connectivity index (χ2n) is 5.12. The molecule has 1 aliphatic rings. The van der Waals surface area contributed by atoms with Crippen LogP contribution in [0.15, 0.2) is 22.7 Å². The van der Waals surface area contributed by atoms with Crippen molar-refractivity contribution in [2.45, 2.75) is 44.2 Å². The van der Waals surface area contributed by atoms with Crippen molar-refractivity contribution in [3.05, 3.63) is 28.2 Å². The molecule has 2 atom stereocenters. The molecule has 4 heteroatoms. The predicted molar refractivity (Wildman–Crippen MR) is 75.3 cm³/mol. The lowest BCUT2D eigenvalue weighted by Gasteiger charge is -2.30. The van der Waals surface area contributed by atoms with Gasteiger partial charge >= 0.3 is 0 Å². The number of hydrogen-bond acceptors (Lipinski definition) is 3. The normalized spacial score (nSPS) is 20.6. The number of halogens is 1. The number of aliphatic hydroxyl groups excluding tert-OH is 1. The van der Waals surface area contributed by atoms with Gasteiger partial charge in [-0.3, -0.25) is 0 Å². The summed E-state index contributed by atoms with van der Waals surface area (Å²) in [7, 11) is 0. The van der Waals surface area contributed by atoms with Crippen molar-refractivity contribution in [3.63, 3.8) is 0 Å². The number of hydrogen-bond donors (Lipinski definition) is 3. The molecule has 0 amide bonds. The lowest BCUT2D eigenvalue weighted by atomic mass is 9.81. The van der Waals surface area contributed by atoms with Gasteiger partial charge in [-0.25, -0.2) is 0 Å². The van der Waals surface area contributed by atoms with E-state index in [1.54, 1.807) is 12.1 Å². The van der Waals surface area contributed by atoms with E-state index in [1.165, 1.54) is 19.3 Å². The zero-order valence-electron chi connectivity index (χ0n) is 10.3. The highest BCUT2D eigenvalue weighted by molar-refractivity contribution is 9.10. The number of benzene rings is 1. The van der Waals surface area contributed by atoms with Crippen LogP contribution in [-0.4, -0.2) is 16.3 Å². The molecule has 0 unspecified atom stereocenters. The third-order valence-corrected chi connectivity index (χ3v) is 4.35. The maximum Gasteiger partial charge on any atom is 0.121 e. The minimum absolute atomic E-state index is 0.145. The number of aliphatic hydroxyl groups is 1. The Balaban J connectivity index is 2.11. The third-order valence-electron chi connectivity index (χ3n) is 3.85. The molecule has 0 bridgehead atoms. The summed E-state index contributed by atoms with van der Waals surface area (Å²) in [6, 6.07) is 4.71. The highest BCUT2D eigenvalue weighted by atomic mass is 79.9.